The number of nitrogens with zero attached hydrogens (tertiary/aromatic N) is 1. The molecule has 0 bridgehead atoms. The van der Waals surface area contributed by atoms with Gasteiger partial charge in [-0.3, -0.25) is 0 Å². The largest absolute Gasteiger partial charge is 0.374 e. The summed E-state index contributed by atoms with van der Waals surface area (Å²) in [6.07, 6.45) is 5.95. The summed E-state index contributed by atoms with van der Waals surface area (Å²) in [4.78, 5) is 2.37. The Bertz CT molecular complexity index is 379. The van der Waals surface area contributed by atoms with Gasteiger partial charge in [-0.25, -0.2) is 0 Å². The van der Waals surface area contributed by atoms with E-state index in [-0.39, 0.29) is 0 Å². The number of hydrogen-bond acceptors (Lipinski definition) is 3. The molecule has 18 heavy (non-hydrogen) atoms. The average Bonchev–Trinajstić information content (AvgIpc) is 2.39. The highest BCUT2D eigenvalue weighted by atomic mass is 32.2. The first-order valence-electron chi connectivity index (χ1n) is 6.84. The Labute approximate surface area is 115 Å². The topological polar surface area (TPSA) is 15.3 Å². The molecule has 1 aliphatic rings. The summed E-state index contributed by atoms with van der Waals surface area (Å²) in [5, 5.41) is 3.53. The Balaban J connectivity index is 1.87. The van der Waals surface area contributed by atoms with Gasteiger partial charge in [-0.2, -0.15) is 11.8 Å². The molecule has 1 aromatic rings. The molecule has 0 atom stereocenters. The Morgan fingerprint density at radius 1 is 1.39 bits per heavy atom. The zero-order chi connectivity index (χ0) is 12.8. The van der Waals surface area contributed by atoms with Crippen LogP contribution in [0.1, 0.15) is 24.0 Å². The fraction of sp³-hybridized carbons (Fsp3) is 0.600. The molecule has 0 spiro atoms. The van der Waals surface area contributed by atoms with Crippen molar-refractivity contribution in [2.24, 2.45) is 0 Å². The lowest BCUT2D eigenvalue weighted by molar-refractivity contribution is 0.676. The fourth-order valence-corrected chi connectivity index (χ4v) is 2.96. The molecule has 0 amide bonds. The van der Waals surface area contributed by atoms with Gasteiger partial charge in [0, 0.05) is 25.8 Å². The SMILES string of the molecule is CSCCCNCc1ccc2c(c1)CCCN2C. The number of thioether (sulfide) groups is 1. The van der Waals surface area contributed by atoms with Crippen molar-refractivity contribution in [3.8, 4) is 0 Å². The Kier molecular flexibility index (Phi) is 5.39. The normalized spacial score (nSPS) is 14.7. The maximum absolute atomic E-state index is 3.53. The number of nitrogens with one attached hydrogen (secondary N) is 1. The second kappa shape index (κ2) is 7.05. The van der Waals surface area contributed by atoms with Crippen LogP contribution < -0.4 is 10.2 Å². The van der Waals surface area contributed by atoms with Crippen LogP contribution in [0.5, 0.6) is 0 Å². The van der Waals surface area contributed by atoms with Crippen LogP contribution in [0.15, 0.2) is 18.2 Å². The summed E-state index contributed by atoms with van der Waals surface area (Å²) in [6, 6.07) is 6.93. The van der Waals surface area contributed by atoms with Gasteiger partial charge in [0.15, 0.2) is 0 Å². The third-order valence-electron chi connectivity index (χ3n) is 3.53. The van der Waals surface area contributed by atoms with Gasteiger partial charge in [0.25, 0.3) is 0 Å². The third kappa shape index (κ3) is 3.66. The number of aryl methyl sites for hydroxylation is 1. The Morgan fingerprint density at radius 2 is 2.28 bits per heavy atom. The van der Waals surface area contributed by atoms with Crippen molar-refractivity contribution in [1.29, 1.82) is 0 Å². The molecule has 1 aliphatic heterocycles. The third-order valence-corrected chi connectivity index (χ3v) is 4.22. The number of anilines is 1. The van der Waals surface area contributed by atoms with E-state index in [9.17, 15) is 0 Å². The molecule has 0 unspecified atom stereocenters. The van der Waals surface area contributed by atoms with E-state index in [1.165, 1.54) is 48.4 Å². The maximum Gasteiger partial charge on any atom is 0.0396 e. The highest BCUT2D eigenvalue weighted by Gasteiger charge is 2.13. The van der Waals surface area contributed by atoms with Gasteiger partial charge in [-0.05, 0) is 55.0 Å². The van der Waals surface area contributed by atoms with Crippen molar-refractivity contribution in [3.63, 3.8) is 0 Å². The fourth-order valence-electron chi connectivity index (χ4n) is 2.52. The molecule has 0 aromatic heterocycles. The van der Waals surface area contributed by atoms with Gasteiger partial charge in [-0.1, -0.05) is 12.1 Å². The first-order valence-corrected chi connectivity index (χ1v) is 8.23. The van der Waals surface area contributed by atoms with E-state index >= 15 is 0 Å². The van der Waals surface area contributed by atoms with Crippen LogP contribution in [0.4, 0.5) is 5.69 Å². The number of benzene rings is 1. The van der Waals surface area contributed by atoms with Crippen LogP contribution in [-0.2, 0) is 13.0 Å². The lowest BCUT2D eigenvalue weighted by atomic mass is 9.99. The molecule has 0 saturated carbocycles. The van der Waals surface area contributed by atoms with Crippen molar-refractivity contribution in [2.75, 3.05) is 37.0 Å². The van der Waals surface area contributed by atoms with E-state index in [2.05, 4.69) is 41.7 Å². The molecular weight excluding hydrogens is 240 g/mol. The number of rotatable bonds is 6. The summed E-state index contributed by atoms with van der Waals surface area (Å²) in [7, 11) is 2.19. The highest BCUT2D eigenvalue weighted by molar-refractivity contribution is 7.98. The van der Waals surface area contributed by atoms with E-state index in [1.54, 1.807) is 0 Å². The zero-order valence-electron chi connectivity index (χ0n) is 11.5. The number of hydrogen-bond donors (Lipinski definition) is 1. The molecule has 1 aromatic carbocycles. The van der Waals surface area contributed by atoms with Gasteiger partial charge >= 0.3 is 0 Å². The van der Waals surface area contributed by atoms with E-state index in [1.807, 2.05) is 11.8 Å². The summed E-state index contributed by atoms with van der Waals surface area (Å²) in [5.41, 5.74) is 4.37. The maximum atomic E-state index is 3.53. The van der Waals surface area contributed by atoms with E-state index < -0.39 is 0 Å². The highest BCUT2D eigenvalue weighted by Crippen LogP contribution is 2.26. The van der Waals surface area contributed by atoms with Crippen molar-refractivity contribution in [3.05, 3.63) is 29.3 Å². The molecule has 0 saturated heterocycles. The van der Waals surface area contributed by atoms with Crippen LogP contribution in [0, 0.1) is 0 Å². The standard InChI is InChI=1S/C15H24N2S/c1-17-9-3-5-14-11-13(6-7-15(14)17)12-16-8-4-10-18-2/h6-7,11,16H,3-5,8-10,12H2,1-2H3. The molecule has 2 nitrogen and oxygen atoms in total. The first kappa shape index (κ1) is 13.8. The lowest BCUT2D eigenvalue weighted by Gasteiger charge is -2.27. The molecule has 1 N–H and O–H groups in total. The van der Waals surface area contributed by atoms with Crippen LogP contribution in [0.2, 0.25) is 0 Å². The van der Waals surface area contributed by atoms with Gasteiger partial charge in [-0.15, -0.1) is 0 Å². The Morgan fingerprint density at radius 3 is 3.11 bits per heavy atom. The minimum absolute atomic E-state index is 1.01. The predicted octanol–water partition coefficient (Wildman–Crippen LogP) is 2.91. The van der Waals surface area contributed by atoms with Gasteiger partial charge in [0.05, 0.1) is 0 Å². The molecular formula is C15H24N2S. The molecule has 3 heteroatoms. The van der Waals surface area contributed by atoms with Crippen molar-refractivity contribution < 1.29 is 0 Å². The first-order chi connectivity index (χ1) is 8.81. The predicted molar refractivity (Wildman–Crippen MR) is 82.7 cm³/mol. The van der Waals surface area contributed by atoms with Crippen molar-refractivity contribution in [2.45, 2.75) is 25.8 Å². The van der Waals surface area contributed by atoms with E-state index in [0.29, 0.717) is 0 Å². The van der Waals surface area contributed by atoms with Gasteiger partial charge < -0.3 is 10.2 Å². The quantitative estimate of drug-likeness (QED) is 0.795. The van der Waals surface area contributed by atoms with Crippen LogP contribution >= 0.6 is 11.8 Å². The van der Waals surface area contributed by atoms with E-state index in [0.717, 1.165) is 13.1 Å². The molecule has 100 valence electrons. The summed E-state index contributed by atoms with van der Waals surface area (Å²) >= 11 is 1.92. The second-order valence-electron chi connectivity index (χ2n) is 5.01. The molecule has 0 radical (unpaired) electrons. The van der Waals surface area contributed by atoms with Crippen molar-refractivity contribution >= 4 is 17.4 Å². The van der Waals surface area contributed by atoms with E-state index in [4.69, 9.17) is 0 Å². The van der Waals surface area contributed by atoms with Crippen LogP contribution in [0.3, 0.4) is 0 Å². The van der Waals surface area contributed by atoms with Gasteiger partial charge in [0.2, 0.25) is 0 Å². The zero-order valence-corrected chi connectivity index (χ0v) is 12.4. The van der Waals surface area contributed by atoms with Gasteiger partial charge in [0.1, 0.15) is 0 Å². The summed E-state index contributed by atoms with van der Waals surface area (Å²) < 4.78 is 0. The lowest BCUT2D eigenvalue weighted by Crippen LogP contribution is -2.25. The summed E-state index contributed by atoms with van der Waals surface area (Å²) in [6.45, 7) is 3.32. The minimum atomic E-state index is 1.01. The van der Waals surface area contributed by atoms with Crippen LogP contribution in [-0.4, -0.2) is 32.1 Å². The van der Waals surface area contributed by atoms with Crippen molar-refractivity contribution in [1.82, 2.24) is 5.32 Å². The molecule has 0 aliphatic carbocycles. The monoisotopic (exact) mass is 264 g/mol. The Hall–Kier alpha value is -0.670. The number of fused-ring (bicyclic) bond motifs is 1. The molecule has 0 fully saturated rings. The minimum Gasteiger partial charge on any atom is -0.374 e. The summed E-state index contributed by atoms with van der Waals surface area (Å²) in [5.74, 6) is 1.25. The molecule has 2 rings (SSSR count). The smallest absolute Gasteiger partial charge is 0.0396 e. The average molecular weight is 264 g/mol. The van der Waals surface area contributed by atoms with Crippen LogP contribution in [0.25, 0.3) is 0 Å². The molecule has 1 heterocycles. The second-order valence-corrected chi connectivity index (χ2v) is 6.00.